The highest BCUT2D eigenvalue weighted by Gasteiger charge is 2.15. The van der Waals surface area contributed by atoms with Crippen molar-refractivity contribution in [3.63, 3.8) is 0 Å². The first-order chi connectivity index (χ1) is 17.3. The molecule has 2 aromatic heterocycles. The lowest BCUT2D eigenvalue weighted by molar-refractivity contribution is -0.384. The van der Waals surface area contributed by atoms with Gasteiger partial charge in [-0.15, -0.1) is 0 Å². The minimum Gasteiger partial charge on any atom is -0.463 e. The number of nitrogens with one attached hydrogen (secondary N) is 1. The first-order valence-electron chi connectivity index (χ1n) is 10.5. The Morgan fingerprint density at radius 3 is 2.67 bits per heavy atom. The minimum atomic E-state index is -1.20. The number of rotatable bonds is 5. The fourth-order valence-electron chi connectivity index (χ4n) is 3.72. The maximum absolute atomic E-state index is 11.5. The number of esters is 1. The molecule has 36 heavy (non-hydrogen) atoms. The van der Waals surface area contributed by atoms with Gasteiger partial charge < -0.3 is 15.2 Å². The van der Waals surface area contributed by atoms with Gasteiger partial charge in [0.15, 0.2) is 5.82 Å². The SMILES string of the molecule is CC(=O)Oc1ccc2nc(-c3cccc([N+](=O)[O-])c3)nc(Nc3ccc4c(cnn4C(=O)O)c3)c2c1. The Morgan fingerprint density at radius 2 is 1.92 bits per heavy atom. The molecule has 0 aliphatic carbocycles. The molecule has 0 spiro atoms. The van der Waals surface area contributed by atoms with Gasteiger partial charge in [-0.05, 0) is 36.4 Å². The zero-order valence-electron chi connectivity index (χ0n) is 18.6. The quantitative estimate of drug-likeness (QED) is 0.154. The van der Waals surface area contributed by atoms with Gasteiger partial charge in [-0.25, -0.2) is 14.8 Å². The van der Waals surface area contributed by atoms with Crippen molar-refractivity contribution in [2.45, 2.75) is 6.92 Å². The summed E-state index contributed by atoms with van der Waals surface area (Å²) in [5.74, 6) is 0.399. The first-order valence-corrected chi connectivity index (χ1v) is 10.5. The Labute approximate surface area is 201 Å². The fraction of sp³-hybridized carbons (Fsp3) is 0.0417. The van der Waals surface area contributed by atoms with E-state index >= 15 is 0 Å². The van der Waals surface area contributed by atoms with E-state index in [0.29, 0.717) is 44.6 Å². The van der Waals surface area contributed by atoms with Crippen LogP contribution in [0.2, 0.25) is 0 Å². The van der Waals surface area contributed by atoms with E-state index in [1.165, 1.54) is 25.3 Å². The number of carbonyl (C=O) groups excluding carboxylic acids is 1. The van der Waals surface area contributed by atoms with Crippen LogP contribution in [0.3, 0.4) is 0 Å². The van der Waals surface area contributed by atoms with Crippen LogP contribution in [0.15, 0.2) is 66.9 Å². The lowest BCUT2D eigenvalue weighted by Gasteiger charge is -2.12. The van der Waals surface area contributed by atoms with Crippen LogP contribution in [0, 0.1) is 10.1 Å². The Hall–Kier alpha value is -5.39. The van der Waals surface area contributed by atoms with E-state index in [0.717, 1.165) is 4.68 Å². The second-order valence-corrected chi connectivity index (χ2v) is 7.71. The molecule has 12 nitrogen and oxygen atoms in total. The molecule has 0 unspecified atom stereocenters. The number of non-ortho nitro benzene ring substituents is 1. The van der Waals surface area contributed by atoms with Gasteiger partial charge in [0.1, 0.15) is 11.6 Å². The molecule has 0 bridgehead atoms. The number of carboxylic acid groups (broad SMARTS) is 1. The zero-order chi connectivity index (χ0) is 25.4. The molecule has 0 saturated carbocycles. The molecule has 0 aliphatic heterocycles. The van der Waals surface area contributed by atoms with Crippen molar-refractivity contribution in [1.29, 1.82) is 0 Å². The van der Waals surface area contributed by atoms with Crippen molar-refractivity contribution in [3.8, 4) is 17.1 Å². The Kier molecular flexibility index (Phi) is 5.45. The summed E-state index contributed by atoms with van der Waals surface area (Å²) < 4.78 is 6.07. The van der Waals surface area contributed by atoms with E-state index in [1.54, 1.807) is 48.5 Å². The lowest BCUT2D eigenvalue weighted by atomic mass is 10.1. The Bertz CT molecular complexity index is 1700. The van der Waals surface area contributed by atoms with Crippen molar-refractivity contribution in [1.82, 2.24) is 19.7 Å². The molecule has 178 valence electrons. The number of benzene rings is 3. The zero-order valence-corrected chi connectivity index (χ0v) is 18.6. The maximum atomic E-state index is 11.5. The number of nitrogens with zero attached hydrogens (tertiary/aromatic N) is 5. The third-order valence-corrected chi connectivity index (χ3v) is 5.26. The van der Waals surface area contributed by atoms with E-state index in [4.69, 9.17) is 4.74 Å². The average molecular weight is 484 g/mol. The van der Waals surface area contributed by atoms with Crippen LogP contribution < -0.4 is 10.1 Å². The number of ether oxygens (including phenoxy) is 1. The standard InChI is InChI=1S/C24H16N6O6/c1-13(31)36-18-6-7-20-19(11-18)23(28-22(27-20)14-3-2-4-17(10-14)30(34)35)26-16-5-8-21-15(9-16)12-25-29(21)24(32)33/h2-12H,1H3,(H,32,33)(H,26,27,28). The first kappa shape index (κ1) is 22.4. The second kappa shape index (κ2) is 8.76. The van der Waals surface area contributed by atoms with Gasteiger partial charge in [0.05, 0.1) is 22.2 Å². The van der Waals surface area contributed by atoms with Crippen molar-refractivity contribution < 1.29 is 24.4 Å². The van der Waals surface area contributed by atoms with Crippen molar-refractivity contribution in [2.75, 3.05) is 5.32 Å². The summed E-state index contributed by atoms with van der Waals surface area (Å²) in [5.41, 5.74) is 1.84. The third-order valence-electron chi connectivity index (χ3n) is 5.26. The molecular weight excluding hydrogens is 468 g/mol. The van der Waals surface area contributed by atoms with E-state index in [1.807, 2.05) is 0 Å². The molecule has 0 fully saturated rings. The van der Waals surface area contributed by atoms with Gasteiger partial charge in [0.25, 0.3) is 5.69 Å². The van der Waals surface area contributed by atoms with Crippen LogP contribution in [0.4, 0.5) is 22.0 Å². The maximum Gasteiger partial charge on any atom is 0.432 e. The number of anilines is 2. The summed E-state index contributed by atoms with van der Waals surface area (Å²) in [6.07, 6.45) is 0.229. The molecule has 5 aromatic rings. The molecule has 0 aliphatic rings. The molecule has 3 aromatic carbocycles. The predicted octanol–water partition coefficient (Wildman–Crippen LogP) is 4.75. The highest BCUT2D eigenvalue weighted by molar-refractivity contribution is 5.95. The molecular formula is C24H16N6O6. The highest BCUT2D eigenvalue weighted by Crippen LogP contribution is 2.32. The Morgan fingerprint density at radius 1 is 1.08 bits per heavy atom. The van der Waals surface area contributed by atoms with Crippen LogP contribution in [-0.2, 0) is 4.79 Å². The summed E-state index contributed by atoms with van der Waals surface area (Å²) in [7, 11) is 0. The number of nitro groups is 1. The normalized spacial score (nSPS) is 10.9. The summed E-state index contributed by atoms with van der Waals surface area (Å²) in [5, 5.41) is 28.7. The van der Waals surface area contributed by atoms with E-state index in [2.05, 4.69) is 20.4 Å². The largest absolute Gasteiger partial charge is 0.463 e. The number of aromatic nitrogens is 4. The summed E-state index contributed by atoms with van der Waals surface area (Å²) >= 11 is 0. The van der Waals surface area contributed by atoms with Gasteiger partial charge in [-0.2, -0.15) is 9.78 Å². The summed E-state index contributed by atoms with van der Waals surface area (Å²) in [4.78, 5) is 42.7. The monoisotopic (exact) mass is 484 g/mol. The van der Waals surface area contributed by atoms with Gasteiger partial charge >= 0.3 is 12.1 Å². The smallest absolute Gasteiger partial charge is 0.432 e. The van der Waals surface area contributed by atoms with E-state index < -0.39 is 17.0 Å². The molecule has 2 heterocycles. The van der Waals surface area contributed by atoms with Crippen LogP contribution in [-0.4, -0.2) is 41.8 Å². The second-order valence-electron chi connectivity index (χ2n) is 7.71. The fourth-order valence-corrected chi connectivity index (χ4v) is 3.72. The van der Waals surface area contributed by atoms with Crippen molar-refractivity contribution in [3.05, 3.63) is 77.0 Å². The van der Waals surface area contributed by atoms with Gasteiger partial charge in [0.2, 0.25) is 0 Å². The molecule has 12 heteroatoms. The van der Waals surface area contributed by atoms with Crippen LogP contribution in [0.25, 0.3) is 33.2 Å². The van der Waals surface area contributed by atoms with Crippen LogP contribution in [0.5, 0.6) is 5.75 Å². The summed E-state index contributed by atoms with van der Waals surface area (Å²) in [6.45, 7) is 1.29. The Balaban J connectivity index is 1.64. The molecule has 0 saturated heterocycles. The molecule has 2 N–H and O–H groups in total. The van der Waals surface area contributed by atoms with Crippen molar-refractivity contribution >= 4 is 51.1 Å². The van der Waals surface area contributed by atoms with Gasteiger partial charge in [0, 0.05) is 41.1 Å². The molecule has 0 radical (unpaired) electrons. The van der Waals surface area contributed by atoms with E-state index in [-0.39, 0.29) is 11.5 Å². The molecule has 0 amide bonds. The highest BCUT2D eigenvalue weighted by atomic mass is 16.6. The number of carbonyl (C=O) groups is 2. The number of nitro benzene ring substituents is 1. The van der Waals surface area contributed by atoms with Crippen molar-refractivity contribution in [2.24, 2.45) is 0 Å². The van der Waals surface area contributed by atoms with E-state index in [9.17, 15) is 24.8 Å². The minimum absolute atomic E-state index is 0.100. The molecule has 0 atom stereocenters. The number of hydrogen-bond donors (Lipinski definition) is 2. The average Bonchev–Trinajstić information content (AvgIpc) is 3.27. The summed E-state index contributed by atoms with van der Waals surface area (Å²) in [6, 6.07) is 15.8. The topological polar surface area (TPSA) is 162 Å². The van der Waals surface area contributed by atoms with Gasteiger partial charge in [-0.3, -0.25) is 14.9 Å². The van der Waals surface area contributed by atoms with Crippen LogP contribution in [0.1, 0.15) is 6.92 Å². The number of hydrogen-bond acceptors (Lipinski definition) is 9. The van der Waals surface area contributed by atoms with Crippen LogP contribution >= 0.6 is 0 Å². The third kappa shape index (κ3) is 4.25. The van der Waals surface area contributed by atoms with Gasteiger partial charge in [-0.1, -0.05) is 12.1 Å². The molecule has 5 rings (SSSR count). The number of fused-ring (bicyclic) bond motifs is 2. The lowest BCUT2D eigenvalue weighted by Crippen LogP contribution is -2.08. The predicted molar refractivity (Wildman–Crippen MR) is 129 cm³/mol.